The fourth-order valence-electron chi connectivity index (χ4n) is 2.72. The van der Waals surface area contributed by atoms with Gasteiger partial charge in [0.25, 0.3) is 0 Å². The van der Waals surface area contributed by atoms with E-state index in [1.807, 2.05) is 60.7 Å². The van der Waals surface area contributed by atoms with Crippen LogP contribution in [-0.4, -0.2) is 7.11 Å². The summed E-state index contributed by atoms with van der Waals surface area (Å²) in [5.74, 6) is 1.33. The van der Waals surface area contributed by atoms with Gasteiger partial charge in [-0.05, 0) is 41.8 Å². The Morgan fingerprint density at radius 2 is 1.75 bits per heavy atom. The predicted octanol–water partition coefficient (Wildman–Crippen LogP) is 4.71. The number of rotatable bonds is 5. The van der Waals surface area contributed by atoms with Crippen molar-refractivity contribution < 1.29 is 9.15 Å². The Morgan fingerprint density at radius 1 is 1.04 bits per heavy atom. The third kappa shape index (κ3) is 3.15. The standard InChI is InChI=1S/C21H18O3/c1-3-7-18-19(15-8-5-4-6-9-15)14-20(22)24-21(18)16-10-12-17(23-2)13-11-16/h3-6,8-14H,1,7H2,2H3. The van der Waals surface area contributed by atoms with Crippen molar-refractivity contribution in [2.75, 3.05) is 7.11 Å². The lowest BCUT2D eigenvalue weighted by atomic mass is 9.95. The van der Waals surface area contributed by atoms with Gasteiger partial charge in [0.05, 0.1) is 7.11 Å². The van der Waals surface area contributed by atoms with E-state index in [-0.39, 0.29) is 5.63 Å². The Hall–Kier alpha value is -3.07. The fourth-order valence-corrected chi connectivity index (χ4v) is 2.72. The highest BCUT2D eigenvalue weighted by atomic mass is 16.5. The highest BCUT2D eigenvalue weighted by Gasteiger charge is 2.15. The molecule has 0 saturated carbocycles. The number of methoxy groups -OCH3 is 1. The first kappa shape index (κ1) is 15.8. The lowest BCUT2D eigenvalue weighted by molar-refractivity contribution is 0.415. The minimum atomic E-state index is -0.368. The molecule has 120 valence electrons. The molecule has 0 aliphatic rings. The van der Waals surface area contributed by atoms with Crippen LogP contribution in [0.2, 0.25) is 0 Å². The average molecular weight is 318 g/mol. The molecule has 0 atom stereocenters. The molecule has 0 unspecified atom stereocenters. The smallest absolute Gasteiger partial charge is 0.336 e. The first-order valence-corrected chi connectivity index (χ1v) is 7.70. The molecule has 0 spiro atoms. The Morgan fingerprint density at radius 3 is 2.38 bits per heavy atom. The fraction of sp³-hybridized carbons (Fsp3) is 0.0952. The quantitative estimate of drug-likeness (QED) is 0.640. The van der Waals surface area contributed by atoms with Gasteiger partial charge in [-0.1, -0.05) is 36.4 Å². The summed E-state index contributed by atoms with van der Waals surface area (Å²) >= 11 is 0. The number of hydrogen-bond acceptors (Lipinski definition) is 3. The number of hydrogen-bond donors (Lipinski definition) is 0. The maximum absolute atomic E-state index is 12.1. The van der Waals surface area contributed by atoms with Crippen LogP contribution in [0.5, 0.6) is 5.75 Å². The SMILES string of the molecule is C=CCc1c(-c2ccccc2)cc(=O)oc1-c1ccc(OC)cc1. The van der Waals surface area contributed by atoms with Crippen molar-refractivity contribution in [3.8, 4) is 28.2 Å². The molecule has 2 aromatic carbocycles. The van der Waals surface area contributed by atoms with Crippen LogP contribution in [0.25, 0.3) is 22.5 Å². The highest BCUT2D eigenvalue weighted by molar-refractivity contribution is 5.75. The summed E-state index contributed by atoms with van der Waals surface area (Å²) < 4.78 is 10.7. The number of allylic oxidation sites excluding steroid dienone is 1. The Balaban J connectivity index is 2.23. The second-order valence-corrected chi connectivity index (χ2v) is 5.37. The Kier molecular flexibility index (Phi) is 4.62. The molecule has 0 N–H and O–H groups in total. The van der Waals surface area contributed by atoms with E-state index in [1.165, 1.54) is 0 Å². The molecule has 0 saturated heterocycles. The van der Waals surface area contributed by atoms with E-state index in [9.17, 15) is 4.79 Å². The Labute approximate surface area is 140 Å². The molecule has 3 nitrogen and oxygen atoms in total. The van der Waals surface area contributed by atoms with E-state index in [1.54, 1.807) is 13.2 Å². The topological polar surface area (TPSA) is 39.4 Å². The van der Waals surface area contributed by atoms with E-state index < -0.39 is 0 Å². The largest absolute Gasteiger partial charge is 0.497 e. The lowest BCUT2D eigenvalue weighted by Crippen LogP contribution is -2.04. The van der Waals surface area contributed by atoms with Crippen molar-refractivity contribution in [2.24, 2.45) is 0 Å². The molecule has 3 heteroatoms. The first-order chi connectivity index (χ1) is 11.7. The van der Waals surface area contributed by atoms with Gasteiger partial charge in [0.2, 0.25) is 0 Å². The summed E-state index contributed by atoms with van der Waals surface area (Å²) in [6, 6.07) is 18.8. The van der Waals surface area contributed by atoms with Crippen molar-refractivity contribution in [1.29, 1.82) is 0 Å². The summed E-state index contributed by atoms with van der Waals surface area (Å²) in [7, 11) is 1.62. The van der Waals surface area contributed by atoms with Gasteiger partial charge in [-0.15, -0.1) is 6.58 Å². The predicted molar refractivity (Wildman–Crippen MR) is 96.3 cm³/mol. The summed E-state index contributed by atoms with van der Waals surface area (Å²) in [4.78, 5) is 12.1. The van der Waals surface area contributed by atoms with E-state index in [0.717, 1.165) is 28.0 Å². The second kappa shape index (κ2) is 7.01. The zero-order valence-corrected chi connectivity index (χ0v) is 13.5. The molecular weight excluding hydrogens is 300 g/mol. The van der Waals surface area contributed by atoms with Gasteiger partial charge in [0.15, 0.2) is 0 Å². The van der Waals surface area contributed by atoms with Gasteiger partial charge in [-0.3, -0.25) is 0 Å². The summed E-state index contributed by atoms with van der Waals surface area (Å²) in [5, 5.41) is 0. The first-order valence-electron chi connectivity index (χ1n) is 7.70. The minimum absolute atomic E-state index is 0.368. The summed E-state index contributed by atoms with van der Waals surface area (Å²) in [6.45, 7) is 3.84. The molecule has 1 aromatic heterocycles. The molecule has 1 heterocycles. The number of ether oxygens (including phenoxy) is 1. The van der Waals surface area contributed by atoms with Gasteiger partial charge < -0.3 is 9.15 Å². The van der Waals surface area contributed by atoms with Crippen molar-refractivity contribution in [3.05, 3.63) is 89.3 Å². The van der Waals surface area contributed by atoms with Crippen LogP contribution in [0, 0.1) is 0 Å². The van der Waals surface area contributed by atoms with Crippen LogP contribution in [0.15, 0.2) is 82.5 Å². The highest BCUT2D eigenvalue weighted by Crippen LogP contribution is 2.32. The van der Waals surface area contributed by atoms with Crippen molar-refractivity contribution >= 4 is 0 Å². The van der Waals surface area contributed by atoms with Crippen LogP contribution in [0.4, 0.5) is 0 Å². The van der Waals surface area contributed by atoms with Crippen LogP contribution in [0.1, 0.15) is 5.56 Å². The lowest BCUT2D eigenvalue weighted by Gasteiger charge is -2.13. The molecule has 3 aromatic rings. The van der Waals surface area contributed by atoms with Gasteiger partial charge in [-0.25, -0.2) is 4.79 Å². The maximum Gasteiger partial charge on any atom is 0.336 e. The van der Waals surface area contributed by atoms with Crippen LogP contribution in [-0.2, 0) is 6.42 Å². The number of benzene rings is 2. The maximum atomic E-state index is 12.1. The molecule has 3 rings (SSSR count). The van der Waals surface area contributed by atoms with Crippen LogP contribution >= 0.6 is 0 Å². The van der Waals surface area contributed by atoms with E-state index in [2.05, 4.69) is 6.58 Å². The molecular formula is C21H18O3. The summed E-state index contributed by atoms with van der Waals surface area (Å²) in [5.41, 5.74) is 3.27. The molecule has 24 heavy (non-hydrogen) atoms. The molecule has 0 amide bonds. The van der Waals surface area contributed by atoms with Gasteiger partial charge >= 0.3 is 5.63 Å². The molecule has 0 aliphatic heterocycles. The van der Waals surface area contributed by atoms with Gasteiger partial charge in [0, 0.05) is 17.2 Å². The monoisotopic (exact) mass is 318 g/mol. The zero-order chi connectivity index (χ0) is 16.9. The van der Waals surface area contributed by atoms with E-state index in [0.29, 0.717) is 12.2 Å². The van der Waals surface area contributed by atoms with Crippen LogP contribution in [0.3, 0.4) is 0 Å². The van der Waals surface area contributed by atoms with E-state index >= 15 is 0 Å². The van der Waals surface area contributed by atoms with E-state index in [4.69, 9.17) is 9.15 Å². The second-order valence-electron chi connectivity index (χ2n) is 5.37. The molecule has 0 radical (unpaired) electrons. The van der Waals surface area contributed by atoms with Crippen LogP contribution < -0.4 is 10.4 Å². The summed E-state index contributed by atoms with van der Waals surface area (Å²) in [6.07, 6.45) is 2.42. The van der Waals surface area contributed by atoms with Gasteiger partial charge in [0.1, 0.15) is 11.5 Å². The average Bonchev–Trinajstić information content (AvgIpc) is 2.64. The van der Waals surface area contributed by atoms with Gasteiger partial charge in [-0.2, -0.15) is 0 Å². The minimum Gasteiger partial charge on any atom is -0.497 e. The van der Waals surface area contributed by atoms with Crippen molar-refractivity contribution in [1.82, 2.24) is 0 Å². The molecule has 0 aliphatic carbocycles. The molecule has 0 fully saturated rings. The normalized spacial score (nSPS) is 10.4. The third-order valence-electron chi connectivity index (χ3n) is 3.85. The zero-order valence-electron chi connectivity index (χ0n) is 13.5. The third-order valence-corrected chi connectivity index (χ3v) is 3.85. The van der Waals surface area contributed by atoms with Crippen molar-refractivity contribution in [3.63, 3.8) is 0 Å². The Bertz CT molecular complexity index is 891. The van der Waals surface area contributed by atoms with Crippen molar-refractivity contribution in [2.45, 2.75) is 6.42 Å². The molecule has 0 bridgehead atoms.